The number of hydrogen-bond donors (Lipinski definition) is 4. The molecule has 0 heterocycles. The molecule has 0 saturated heterocycles. The highest BCUT2D eigenvalue weighted by molar-refractivity contribution is 5.93. The number of carbonyl (C=O) groups is 3. The maximum absolute atomic E-state index is 11.9. The standard InChI is InChI=1S/C19H28N4O5/c1-13(24)22-15-9-8-14(12-16(15)27-5)23-17(25)20-10-6-7-11-21-18(26)28-19(2,3)4/h6-9,12H,10-11H2,1-5H3,(H,21,26)(H,22,24)(H2,20,23,25)/b7-6+. The highest BCUT2D eigenvalue weighted by atomic mass is 16.6. The maximum atomic E-state index is 11.9. The summed E-state index contributed by atoms with van der Waals surface area (Å²) in [5.41, 5.74) is 0.483. The molecule has 1 aromatic carbocycles. The van der Waals surface area contributed by atoms with Crippen molar-refractivity contribution < 1.29 is 23.9 Å². The Morgan fingerprint density at radius 3 is 2.25 bits per heavy atom. The monoisotopic (exact) mass is 392 g/mol. The van der Waals surface area contributed by atoms with Gasteiger partial charge in [0.2, 0.25) is 5.91 Å². The summed E-state index contributed by atoms with van der Waals surface area (Å²) >= 11 is 0. The Hall–Kier alpha value is -3.23. The minimum atomic E-state index is -0.545. The van der Waals surface area contributed by atoms with E-state index in [0.717, 1.165) is 0 Å². The molecule has 0 saturated carbocycles. The highest BCUT2D eigenvalue weighted by Crippen LogP contribution is 2.27. The van der Waals surface area contributed by atoms with Gasteiger partial charge < -0.3 is 30.7 Å². The van der Waals surface area contributed by atoms with Gasteiger partial charge in [-0.15, -0.1) is 0 Å². The number of benzene rings is 1. The molecule has 4 N–H and O–H groups in total. The molecule has 4 amide bonds. The van der Waals surface area contributed by atoms with Crippen molar-refractivity contribution in [2.24, 2.45) is 0 Å². The number of ether oxygens (including phenoxy) is 2. The van der Waals surface area contributed by atoms with E-state index in [1.54, 1.807) is 51.1 Å². The van der Waals surface area contributed by atoms with E-state index in [0.29, 0.717) is 23.7 Å². The maximum Gasteiger partial charge on any atom is 0.407 e. The van der Waals surface area contributed by atoms with Crippen LogP contribution >= 0.6 is 0 Å². The summed E-state index contributed by atoms with van der Waals surface area (Å²) in [6.45, 7) is 7.33. The van der Waals surface area contributed by atoms with E-state index < -0.39 is 17.7 Å². The van der Waals surface area contributed by atoms with Crippen LogP contribution in [0.1, 0.15) is 27.7 Å². The average molecular weight is 392 g/mol. The molecule has 154 valence electrons. The normalized spacial score (nSPS) is 10.9. The summed E-state index contributed by atoms with van der Waals surface area (Å²) < 4.78 is 10.3. The number of carbonyl (C=O) groups excluding carboxylic acids is 3. The van der Waals surface area contributed by atoms with E-state index >= 15 is 0 Å². The number of alkyl carbamates (subject to hydrolysis) is 1. The van der Waals surface area contributed by atoms with Gasteiger partial charge in [0, 0.05) is 31.8 Å². The van der Waals surface area contributed by atoms with Gasteiger partial charge in [0.05, 0.1) is 12.8 Å². The van der Waals surface area contributed by atoms with Crippen molar-refractivity contribution in [1.29, 1.82) is 0 Å². The lowest BCUT2D eigenvalue weighted by molar-refractivity contribution is -0.114. The van der Waals surface area contributed by atoms with Gasteiger partial charge in [0.25, 0.3) is 0 Å². The Kier molecular flexibility index (Phi) is 8.80. The van der Waals surface area contributed by atoms with Crippen LogP contribution in [0.2, 0.25) is 0 Å². The van der Waals surface area contributed by atoms with Crippen molar-refractivity contribution in [1.82, 2.24) is 10.6 Å². The summed E-state index contributed by atoms with van der Waals surface area (Å²) in [5, 5.41) is 10.5. The summed E-state index contributed by atoms with van der Waals surface area (Å²) in [6.07, 6.45) is 2.91. The van der Waals surface area contributed by atoms with E-state index in [9.17, 15) is 14.4 Å². The van der Waals surface area contributed by atoms with Gasteiger partial charge in [-0.1, -0.05) is 12.2 Å². The fraction of sp³-hybridized carbons (Fsp3) is 0.421. The van der Waals surface area contributed by atoms with E-state index in [-0.39, 0.29) is 12.5 Å². The van der Waals surface area contributed by atoms with Crippen LogP contribution in [0, 0.1) is 0 Å². The third-order valence-electron chi connectivity index (χ3n) is 3.08. The molecule has 28 heavy (non-hydrogen) atoms. The Bertz CT molecular complexity index is 726. The van der Waals surface area contributed by atoms with Crippen molar-refractivity contribution in [3.05, 3.63) is 30.4 Å². The van der Waals surface area contributed by atoms with Crippen LogP contribution < -0.4 is 26.0 Å². The van der Waals surface area contributed by atoms with Crippen LogP contribution in [0.3, 0.4) is 0 Å². The van der Waals surface area contributed by atoms with Gasteiger partial charge in [-0.25, -0.2) is 9.59 Å². The summed E-state index contributed by atoms with van der Waals surface area (Å²) in [7, 11) is 1.47. The topological polar surface area (TPSA) is 118 Å². The molecule has 1 aromatic rings. The van der Waals surface area contributed by atoms with Crippen molar-refractivity contribution in [2.45, 2.75) is 33.3 Å². The molecule has 0 fully saturated rings. The first-order valence-corrected chi connectivity index (χ1v) is 8.73. The van der Waals surface area contributed by atoms with Gasteiger partial charge >= 0.3 is 12.1 Å². The fourth-order valence-electron chi connectivity index (χ4n) is 2.01. The van der Waals surface area contributed by atoms with Crippen LogP contribution in [0.25, 0.3) is 0 Å². The molecule has 0 bridgehead atoms. The minimum Gasteiger partial charge on any atom is -0.494 e. The number of methoxy groups -OCH3 is 1. The van der Waals surface area contributed by atoms with E-state index in [1.165, 1.54) is 14.0 Å². The Balaban J connectivity index is 2.38. The minimum absolute atomic E-state index is 0.218. The molecule has 0 spiro atoms. The predicted molar refractivity (Wildman–Crippen MR) is 108 cm³/mol. The first-order chi connectivity index (χ1) is 13.1. The van der Waals surface area contributed by atoms with E-state index in [4.69, 9.17) is 9.47 Å². The van der Waals surface area contributed by atoms with Crippen molar-refractivity contribution in [3.63, 3.8) is 0 Å². The van der Waals surface area contributed by atoms with Gasteiger partial charge in [0.15, 0.2) is 0 Å². The van der Waals surface area contributed by atoms with E-state index in [1.807, 2.05) is 0 Å². The number of amides is 4. The van der Waals surface area contributed by atoms with Gasteiger partial charge in [-0.3, -0.25) is 4.79 Å². The van der Waals surface area contributed by atoms with Gasteiger partial charge in [-0.2, -0.15) is 0 Å². The van der Waals surface area contributed by atoms with Crippen LogP contribution in [0.15, 0.2) is 30.4 Å². The smallest absolute Gasteiger partial charge is 0.407 e. The third-order valence-corrected chi connectivity index (χ3v) is 3.08. The number of hydrogen-bond acceptors (Lipinski definition) is 5. The molecule has 0 atom stereocenters. The molecule has 0 aliphatic rings. The third kappa shape index (κ3) is 9.46. The molecular weight excluding hydrogens is 364 g/mol. The van der Waals surface area contributed by atoms with Crippen LogP contribution in [-0.2, 0) is 9.53 Å². The van der Waals surface area contributed by atoms with Crippen molar-refractivity contribution >= 4 is 29.4 Å². The molecule has 0 aliphatic carbocycles. The molecule has 9 nitrogen and oxygen atoms in total. The summed E-state index contributed by atoms with van der Waals surface area (Å²) in [4.78, 5) is 34.5. The van der Waals surface area contributed by atoms with E-state index in [2.05, 4.69) is 21.3 Å². The fourth-order valence-corrected chi connectivity index (χ4v) is 2.01. The molecule has 0 aromatic heterocycles. The van der Waals surface area contributed by atoms with Crippen LogP contribution in [-0.4, -0.2) is 43.8 Å². The van der Waals surface area contributed by atoms with Gasteiger partial charge in [-0.05, 0) is 32.9 Å². The van der Waals surface area contributed by atoms with Crippen LogP contribution in [0.5, 0.6) is 5.75 Å². The molecule has 0 unspecified atom stereocenters. The molecule has 0 aliphatic heterocycles. The highest BCUT2D eigenvalue weighted by Gasteiger charge is 2.15. The predicted octanol–water partition coefficient (Wildman–Crippen LogP) is 2.86. The van der Waals surface area contributed by atoms with Crippen molar-refractivity contribution in [2.75, 3.05) is 30.8 Å². The second-order valence-corrected chi connectivity index (χ2v) is 6.79. The number of urea groups is 1. The Morgan fingerprint density at radius 2 is 1.68 bits per heavy atom. The first kappa shape index (κ1) is 22.8. The SMILES string of the molecule is COc1cc(NC(=O)NC/C=C/CNC(=O)OC(C)(C)C)ccc1NC(C)=O. The second-order valence-electron chi connectivity index (χ2n) is 6.79. The Morgan fingerprint density at radius 1 is 1.04 bits per heavy atom. The zero-order valence-corrected chi connectivity index (χ0v) is 16.8. The number of nitrogens with one attached hydrogen (secondary N) is 4. The second kappa shape index (κ2) is 10.8. The number of anilines is 2. The largest absolute Gasteiger partial charge is 0.494 e. The lowest BCUT2D eigenvalue weighted by Gasteiger charge is -2.19. The quantitative estimate of drug-likeness (QED) is 0.532. The number of rotatable bonds is 7. The van der Waals surface area contributed by atoms with Gasteiger partial charge in [0.1, 0.15) is 11.4 Å². The average Bonchev–Trinajstić information content (AvgIpc) is 2.57. The molecule has 0 radical (unpaired) electrons. The summed E-state index contributed by atoms with van der Waals surface area (Å²) in [6, 6.07) is 4.48. The van der Waals surface area contributed by atoms with Crippen LogP contribution in [0.4, 0.5) is 21.0 Å². The summed E-state index contributed by atoms with van der Waals surface area (Å²) in [5.74, 6) is 0.214. The molecule has 1 rings (SSSR count). The lowest BCUT2D eigenvalue weighted by Crippen LogP contribution is -2.32. The zero-order chi connectivity index (χ0) is 21.2. The Labute approximate surface area is 164 Å². The van der Waals surface area contributed by atoms with Crippen molar-refractivity contribution in [3.8, 4) is 5.75 Å². The molecule has 9 heteroatoms. The zero-order valence-electron chi connectivity index (χ0n) is 16.8. The molecular formula is C19H28N4O5. The first-order valence-electron chi connectivity index (χ1n) is 8.73. The lowest BCUT2D eigenvalue weighted by atomic mass is 10.2.